The zero-order valence-electron chi connectivity index (χ0n) is 8.48. The molecule has 0 atom stereocenters. The van der Waals surface area contributed by atoms with E-state index in [9.17, 15) is 18.0 Å². The Morgan fingerprint density at radius 2 is 1.93 bits per heavy atom. The van der Waals surface area contributed by atoms with Crippen LogP contribution in [0.3, 0.4) is 0 Å². The molecule has 0 aromatic heterocycles. The van der Waals surface area contributed by atoms with Crippen LogP contribution in [0.5, 0.6) is 0 Å². The number of carbonyl (C=O) groups is 1. The molecule has 0 heterocycles. The highest BCUT2D eigenvalue weighted by atomic mass is 19.4. The molecule has 0 bridgehead atoms. The molecule has 82 valence electrons. The third-order valence-corrected chi connectivity index (χ3v) is 2.01. The first kappa shape index (κ1) is 11.8. The van der Waals surface area contributed by atoms with Gasteiger partial charge in [0.05, 0.1) is 5.56 Å². The molecule has 0 saturated carbocycles. The van der Waals surface area contributed by atoms with Crippen molar-refractivity contribution in [2.45, 2.75) is 26.4 Å². The van der Waals surface area contributed by atoms with E-state index in [0.29, 0.717) is 5.56 Å². The van der Waals surface area contributed by atoms with E-state index in [1.807, 2.05) is 0 Å². The monoisotopic (exact) mass is 216 g/mol. The molecule has 0 spiro atoms. The predicted molar refractivity (Wildman–Crippen MR) is 50.6 cm³/mol. The smallest absolute Gasteiger partial charge is 0.300 e. The molecule has 0 aliphatic heterocycles. The number of alkyl halides is 3. The fourth-order valence-electron chi connectivity index (χ4n) is 1.38. The van der Waals surface area contributed by atoms with E-state index < -0.39 is 11.7 Å². The fourth-order valence-corrected chi connectivity index (χ4v) is 1.38. The van der Waals surface area contributed by atoms with E-state index in [1.54, 1.807) is 13.0 Å². The average Bonchev–Trinajstić information content (AvgIpc) is 2.05. The minimum Gasteiger partial charge on any atom is -0.300 e. The molecule has 1 aromatic rings. The van der Waals surface area contributed by atoms with Gasteiger partial charge in [0.15, 0.2) is 0 Å². The molecule has 0 fully saturated rings. The quantitative estimate of drug-likeness (QED) is 0.742. The average molecular weight is 216 g/mol. The normalized spacial score (nSPS) is 11.5. The van der Waals surface area contributed by atoms with Crippen molar-refractivity contribution in [2.75, 3.05) is 0 Å². The van der Waals surface area contributed by atoms with Crippen LogP contribution in [0.2, 0.25) is 0 Å². The van der Waals surface area contributed by atoms with E-state index >= 15 is 0 Å². The fraction of sp³-hybridized carbons (Fsp3) is 0.364. The lowest BCUT2D eigenvalue weighted by molar-refractivity contribution is -0.138. The minimum absolute atomic E-state index is 0.0422. The van der Waals surface area contributed by atoms with E-state index in [4.69, 9.17) is 0 Å². The number of rotatable bonds is 2. The van der Waals surface area contributed by atoms with E-state index in [1.165, 1.54) is 13.0 Å². The largest absolute Gasteiger partial charge is 0.416 e. The molecule has 15 heavy (non-hydrogen) atoms. The summed E-state index contributed by atoms with van der Waals surface area (Å²) in [4.78, 5) is 10.8. The maximum absolute atomic E-state index is 12.6. The van der Waals surface area contributed by atoms with Crippen LogP contribution < -0.4 is 0 Å². The van der Waals surface area contributed by atoms with E-state index in [2.05, 4.69) is 0 Å². The lowest BCUT2D eigenvalue weighted by atomic mass is 10.00. The van der Waals surface area contributed by atoms with Gasteiger partial charge in [-0.15, -0.1) is 0 Å². The molecular weight excluding hydrogens is 205 g/mol. The highest BCUT2D eigenvalue weighted by molar-refractivity contribution is 5.78. The summed E-state index contributed by atoms with van der Waals surface area (Å²) < 4.78 is 37.7. The van der Waals surface area contributed by atoms with E-state index in [-0.39, 0.29) is 17.8 Å². The standard InChI is InChI=1S/C11H11F3O/c1-7-3-4-9(6-8(2)15)10(5-7)11(12,13)14/h3-5H,6H2,1-2H3. The van der Waals surface area contributed by atoms with Gasteiger partial charge in [0.2, 0.25) is 0 Å². The highest BCUT2D eigenvalue weighted by Crippen LogP contribution is 2.32. The Morgan fingerprint density at radius 1 is 1.33 bits per heavy atom. The Morgan fingerprint density at radius 3 is 2.40 bits per heavy atom. The van der Waals surface area contributed by atoms with Gasteiger partial charge in [-0.3, -0.25) is 4.79 Å². The van der Waals surface area contributed by atoms with Crippen molar-refractivity contribution in [3.05, 3.63) is 34.9 Å². The van der Waals surface area contributed by atoms with Gasteiger partial charge < -0.3 is 0 Å². The van der Waals surface area contributed by atoms with Crippen LogP contribution >= 0.6 is 0 Å². The molecule has 1 aromatic carbocycles. The summed E-state index contributed by atoms with van der Waals surface area (Å²) >= 11 is 0. The number of hydrogen-bond acceptors (Lipinski definition) is 1. The van der Waals surface area contributed by atoms with Gasteiger partial charge in [-0.05, 0) is 25.5 Å². The zero-order chi connectivity index (χ0) is 11.6. The molecule has 0 N–H and O–H groups in total. The van der Waals surface area contributed by atoms with Crippen molar-refractivity contribution in [1.29, 1.82) is 0 Å². The number of carbonyl (C=O) groups excluding carboxylic acids is 1. The predicted octanol–water partition coefficient (Wildman–Crippen LogP) is 3.15. The Kier molecular flexibility index (Phi) is 3.17. The van der Waals surface area contributed by atoms with Gasteiger partial charge in [0.25, 0.3) is 0 Å². The van der Waals surface area contributed by atoms with E-state index in [0.717, 1.165) is 6.07 Å². The summed E-state index contributed by atoms with van der Waals surface area (Å²) in [7, 11) is 0. The van der Waals surface area contributed by atoms with Crippen molar-refractivity contribution >= 4 is 5.78 Å². The van der Waals surface area contributed by atoms with Gasteiger partial charge >= 0.3 is 6.18 Å². The van der Waals surface area contributed by atoms with Gasteiger partial charge in [0, 0.05) is 6.42 Å². The Bertz CT molecular complexity index is 380. The number of hydrogen-bond donors (Lipinski definition) is 0. The number of benzene rings is 1. The summed E-state index contributed by atoms with van der Waals surface area (Å²) in [5.74, 6) is -0.274. The Balaban J connectivity index is 3.20. The molecular formula is C11H11F3O. The Labute approximate surface area is 85.9 Å². The van der Waals surface area contributed by atoms with Gasteiger partial charge in [0.1, 0.15) is 5.78 Å². The van der Waals surface area contributed by atoms with Crippen LogP contribution in [0.4, 0.5) is 13.2 Å². The second-order valence-corrected chi connectivity index (χ2v) is 3.54. The lowest BCUT2D eigenvalue weighted by Gasteiger charge is -2.12. The first-order valence-electron chi connectivity index (χ1n) is 4.47. The molecule has 0 amide bonds. The molecule has 1 rings (SSSR count). The second kappa shape index (κ2) is 4.04. The summed E-state index contributed by atoms with van der Waals surface area (Å²) in [6.45, 7) is 2.87. The SMILES string of the molecule is CC(=O)Cc1ccc(C)cc1C(F)(F)F. The minimum atomic E-state index is -4.39. The summed E-state index contributed by atoms with van der Waals surface area (Å²) in [6.07, 6.45) is -4.56. The third-order valence-electron chi connectivity index (χ3n) is 2.01. The molecule has 0 saturated heterocycles. The molecule has 0 aliphatic carbocycles. The third kappa shape index (κ3) is 3.08. The van der Waals surface area contributed by atoms with Crippen molar-refractivity contribution in [3.63, 3.8) is 0 Å². The van der Waals surface area contributed by atoms with Gasteiger partial charge in [-0.1, -0.05) is 17.7 Å². The molecule has 0 unspecified atom stereocenters. The van der Waals surface area contributed by atoms with Crippen LogP contribution in [0.25, 0.3) is 0 Å². The van der Waals surface area contributed by atoms with Crippen LogP contribution in [0.15, 0.2) is 18.2 Å². The first-order valence-corrected chi connectivity index (χ1v) is 4.47. The maximum atomic E-state index is 12.6. The molecule has 1 nitrogen and oxygen atoms in total. The Hall–Kier alpha value is -1.32. The van der Waals surface area contributed by atoms with Crippen molar-refractivity contribution in [3.8, 4) is 0 Å². The number of halogens is 3. The topological polar surface area (TPSA) is 17.1 Å². The molecule has 0 aliphatic rings. The van der Waals surface area contributed by atoms with Crippen LogP contribution in [-0.2, 0) is 17.4 Å². The zero-order valence-corrected chi connectivity index (χ0v) is 8.48. The van der Waals surface area contributed by atoms with Crippen molar-refractivity contribution in [1.82, 2.24) is 0 Å². The summed E-state index contributed by atoms with van der Waals surface area (Å²) in [6, 6.07) is 4.01. The first-order chi connectivity index (χ1) is 6.80. The van der Waals surface area contributed by atoms with Crippen LogP contribution in [-0.4, -0.2) is 5.78 Å². The maximum Gasteiger partial charge on any atom is 0.416 e. The van der Waals surface area contributed by atoms with Crippen LogP contribution in [0, 0.1) is 6.92 Å². The van der Waals surface area contributed by atoms with Gasteiger partial charge in [-0.2, -0.15) is 13.2 Å². The molecule has 4 heteroatoms. The number of aryl methyl sites for hydroxylation is 1. The lowest BCUT2D eigenvalue weighted by Crippen LogP contribution is -2.11. The van der Waals surface area contributed by atoms with Crippen molar-refractivity contribution in [2.24, 2.45) is 0 Å². The summed E-state index contributed by atoms with van der Waals surface area (Å²) in [5.41, 5.74) is -0.132. The van der Waals surface area contributed by atoms with Crippen molar-refractivity contribution < 1.29 is 18.0 Å². The van der Waals surface area contributed by atoms with Crippen LogP contribution in [0.1, 0.15) is 23.6 Å². The number of Topliss-reactive ketones (excluding diaryl/α,β-unsaturated/α-hetero) is 1. The summed E-state index contributed by atoms with van der Waals surface area (Å²) in [5, 5.41) is 0. The van der Waals surface area contributed by atoms with Gasteiger partial charge in [-0.25, -0.2) is 0 Å². The molecule has 0 radical (unpaired) electrons. The number of ketones is 1. The highest BCUT2D eigenvalue weighted by Gasteiger charge is 2.33. The second-order valence-electron chi connectivity index (χ2n) is 3.54.